The van der Waals surface area contributed by atoms with Gasteiger partial charge in [0.15, 0.2) is 0 Å². The smallest absolute Gasteiger partial charge is 0.343 e. The second kappa shape index (κ2) is 9.05. The Labute approximate surface area is 165 Å². The summed E-state index contributed by atoms with van der Waals surface area (Å²) in [5.41, 5.74) is 2.74. The fourth-order valence-corrected chi connectivity index (χ4v) is 2.44. The van der Waals surface area contributed by atoms with Crippen LogP contribution in [0.1, 0.15) is 26.3 Å². The molecule has 0 aromatic heterocycles. The molecule has 0 aliphatic carbocycles. The van der Waals surface area contributed by atoms with Crippen molar-refractivity contribution < 1.29 is 19.2 Å². The predicted octanol–water partition coefficient (Wildman–Crippen LogP) is 3.58. The second-order valence-electron chi connectivity index (χ2n) is 5.77. The molecule has 0 spiro atoms. The van der Waals surface area contributed by atoms with Crippen LogP contribution in [0.4, 0.5) is 5.69 Å². The lowest BCUT2D eigenvalue weighted by Crippen LogP contribution is -2.17. The molecule has 0 aliphatic heterocycles. The zero-order valence-corrected chi connectivity index (χ0v) is 15.0. The largest absolute Gasteiger partial charge is 0.415 e. The van der Waals surface area contributed by atoms with Crippen molar-refractivity contribution in [2.75, 3.05) is 0 Å². The third-order valence-electron chi connectivity index (χ3n) is 3.83. The molecule has 0 atom stereocenters. The molecule has 8 nitrogen and oxygen atoms in total. The summed E-state index contributed by atoms with van der Waals surface area (Å²) in [4.78, 5) is 35.1. The highest BCUT2D eigenvalue weighted by Gasteiger charge is 2.22. The van der Waals surface area contributed by atoms with Crippen LogP contribution < -0.4 is 10.2 Å². The van der Waals surface area contributed by atoms with E-state index in [2.05, 4.69) is 10.5 Å². The van der Waals surface area contributed by atoms with Crippen molar-refractivity contribution in [3.05, 3.63) is 106 Å². The van der Waals surface area contributed by atoms with Gasteiger partial charge in [-0.2, -0.15) is 5.10 Å². The average molecular weight is 389 g/mol. The molecule has 8 heteroatoms. The topological polar surface area (TPSA) is 111 Å². The molecular formula is C21H15N3O5. The van der Waals surface area contributed by atoms with Crippen molar-refractivity contribution in [2.45, 2.75) is 0 Å². The van der Waals surface area contributed by atoms with Crippen LogP contribution in [0.15, 0.2) is 84.0 Å². The highest BCUT2D eigenvalue weighted by atomic mass is 16.6. The first-order chi connectivity index (χ1) is 14.1. The predicted molar refractivity (Wildman–Crippen MR) is 106 cm³/mol. The Bertz CT molecular complexity index is 1070. The van der Waals surface area contributed by atoms with E-state index in [1.54, 1.807) is 48.5 Å². The number of nitrogens with one attached hydrogen (secondary N) is 1. The number of esters is 1. The summed E-state index contributed by atoms with van der Waals surface area (Å²) >= 11 is 0. The minimum Gasteiger partial charge on any atom is -0.415 e. The summed E-state index contributed by atoms with van der Waals surface area (Å²) in [6.07, 6.45) is 1.18. The Hall–Kier alpha value is -4.33. The molecule has 0 heterocycles. The number of carbonyl (C=O) groups excluding carboxylic acids is 2. The number of amides is 1. The Kier molecular flexibility index (Phi) is 6.06. The van der Waals surface area contributed by atoms with Crippen LogP contribution in [0.2, 0.25) is 0 Å². The van der Waals surface area contributed by atoms with Gasteiger partial charge in [-0.25, -0.2) is 10.2 Å². The number of benzene rings is 3. The molecule has 29 heavy (non-hydrogen) atoms. The number of nitro groups is 1. The fraction of sp³-hybridized carbons (Fsp3) is 0. The number of hydrogen-bond donors (Lipinski definition) is 1. The van der Waals surface area contributed by atoms with Crippen LogP contribution in [0.3, 0.4) is 0 Å². The number of nitrogens with zero attached hydrogens (tertiary/aromatic N) is 2. The van der Waals surface area contributed by atoms with Gasteiger partial charge in [0, 0.05) is 17.2 Å². The van der Waals surface area contributed by atoms with Gasteiger partial charge < -0.3 is 4.74 Å². The summed E-state index contributed by atoms with van der Waals surface area (Å²) in [5.74, 6) is -1.46. The monoisotopic (exact) mass is 389 g/mol. The van der Waals surface area contributed by atoms with E-state index in [-0.39, 0.29) is 16.9 Å². The minimum atomic E-state index is -0.747. The van der Waals surface area contributed by atoms with E-state index in [0.29, 0.717) is 5.56 Å². The van der Waals surface area contributed by atoms with E-state index < -0.39 is 22.5 Å². The van der Waals surface area contributed by atoms with E-state index in [9.17, 15) is 19.7 Å². The first-order valence-corrected chi connectivity index (χ1v) is 8.49. The number of hydrazone groups is 1. The Morgan fingerprint density at radius 2 is 1.52 bits per heavy atom. The summed E-state index contributed by atoms with van der Waals surface area (Å²) in [6.45, 7) is 0. The Balaban J connectivity index is 1.84. The van der Waals surface area contributed by atoms with Crippen LogP contribution in [-0.4, -0.2) is 23.0 Å². The molecular weight excluding hydrogens is 374 g/mol. The molecule has 0 saturated heterocycles. The SMILES string of the molecule is O=C(N/N=C/c1cccc([N+](=O)[O-])c1OC(=O)c1ccccc1)c1ccccc1. The summed E-state index contributed by atoms with van der Waals surface area (Å²) < 4.78 is 5.28. The van der Waals surface area contributed by atoms with Gasteiger partial charge in [0.05, 0.1) is 16.7 Å². The van der Waals surface area contributed by atoms with Gasteiger partial charge in [-0.1, -0.05) is 42.5 Å². The van der Waals surface area contributed by atoms with Crippen molar-refractivity contribution in [3.8, 4) is 5.75 Å². The van der Waals surface area contributed by atoms with Crippen LogP contribution in [0.5, 0.6) is 5.75 Å². The standard InChI is InChI=1S/C21H15N3O5/c25-20(15-8-3-1-4-9-15)23-22-14-17-12-7-13-18(24(27)28)19(17)29-21(26)16-10-5-2-6-11-16/h1-14H,(H,23,25)/b22-14+. The Morgan fingerprint density at radius 3 is 2.14 bits per heavy atom. The third kappa shape index (κ3) is 4.89. The normalized spacial score (nSPS) is 10.5. The number of hydrogen-bond acceptors (Lipinski definition) is 6. The highest BCUT2D eigenvalue weighted by molar-refractivity contribution is 5.96. The maximum Gasteiger partial charge on any atom is 0.343 e. The zero-order chi connectivity index (χ0) is 20.6. The lowest BCUT2D eigenvalue weighted by Gasteiger charge is -2.08. The molecule has 0 bridgehead atoms. The van der Waals surface area contributed by atoms with Crippen LogP contribution in [0.25, 0.3) is 0 Å². The second-order valence-corrected chi connectivity index (χ2v) is 5.77. The van der Waals surface area contributed by atoms with Crippen LogP contribution >= 0.6 is 0 Å². The zero-order valence-electron chi connectivity index (χ0n) is 15.0. The first kappa shape index (κ1) is 19.4. The molecule has 144 valence electrons. The quantitative estimate of drug-likeness (QED) is 0.228. The summed E-state index contributed by atoms with van der Waals surface area (Å²) in [6, 6.07) is 20.7. The maximum atomic E-state index is 12.3. The van der Waals surface area contributed by atoms with E-state index >= 15 is 0 Å². The van der Waals surface area contributed by atoms with E-state index in [0.717, 1.165) is 0 Å². The van der Waals surface area contributed by atoms with Crippen molar-refractivity contribution in [1.82, 2.24) is 5.43 Å². The maximum absolute atomic E-state index is 12.3. The number of para-hydroxylation sites is 1. The van der Waals surface area contributed by atoms with Crippen molar-refractivity contribution in [3.63, 3.8) is 0 Å². The van der Waals surface area contributed by atoms with Gasteiger partial charge in [-0.15, -0.1) is 0 Å². The molecule has 1 amide bonds. The Morgan fingerprint density at radius 1 is 0.897 bits per heavy atom. The van der Waals surface area contributed by atoms with Gasteiger partial charge in [-0.3, -0.25) is 14.9 Å². The van der Waals surface area contributed by atoms with E-state index in [4.69, 9.17) is 4.74 Å². The molecule has 0 fully saturated rings. The molecule has 0 unspecified atom stereocenters. The van der Waals surface area contributed by atoms with Gasteiger partial charge in [0.1, 0.15) is 0 Å². The molecule has 1 N–H and O–H groups in total. The lowest BCUT2D eigenvalue weighted by atomic mass is 10.2. The molecule has 3 rings (SSSR count). The van der Waals surface area contributed by atoms with Gasteiger partial charge in [-0.05, 0) is 30.3 Å². The lowest BCUT2D eigenvalue weighted by molar-refractivity contribution is -0.385. The molecule has 0 radical (unpaired) electrons. The fourth-order valence-electron chi connectivity index (χ4n) is 2.44. The minimum absolute atomic E-state index is 0.164. The average Bonchev–Trinajstić information content (AvgIpc) is 2.75. The first-order valence-electron chi connectivity index (χ1n) is 8.49. The van der Waals surface area contributed by atoms with Crippen molar-refractivity contribution >= 4 is 23.8 Å². The summed E-state index contributed by atoms with van der Waals surface area (Å²) in [5, 5.41) is 15.2. The number of ether oxygens (including phenoxy) is 1. The van der Waals surface area contributed by atoms with Crippen LogP contribution in [-0.2, 0) is 0 Å². The highest BCUT2D eigenvalue weighted by Crippen LogP contribution is 2.30. The van der Waals surface area contributed by atoms with Gasteiger partial charge in [0.2, 0.25) is 5.75 Å². The summed E-state index contributed by atoms with van der Waals surface area (Å²) in [7, 11) is 0. The number of nitro benzene ring substituents is 1. The molecule has 3 aromatic rings. The van der Waals surface area contributed by atoms with E-state index in [1.165, 1.54) is 36.5 Å². The van der Waals surface area contributed by atoms with Crippen molar-refractivity contribution in [2.24, 2.45) is 5.10 Å². The van der Waals surface area contributed by atoms with Gasteiger partial charge >= 0.3 is 11.7 Å². The number of rotatable bonds is 6. The third-order valence-corrected chi connectivity index (χ3v) is 3.83. The van der Waals surface area contributed by atoms with Crippen LogP contribution in [0, 0.1) is 10.1 Å². The van der Waals surface area contributed by atoms with Gasteiger partial charge in [0.25, 0.3) is 5.91 Å². The molecule has 0 aliphatic rings. The molecule has 0 saturated carbocycles. The van der Waals surface area contributed by atoms with Crippen molar-refractivity contribution in [1.29, 1.82) is 0 Å². The molecule has 3 aromatic carbocycles. The number of carbonyl (C=O) groups is 2. The van der Waals surface area contributed by atoms with E-state index in [1.807, 2.05) is 0 Å².